The third-order valence-corrected chi connectivity index (χ3v) is 2.70. The van der Waals surface area contributed by atoms with Crippen molar-refractivity contribution in [2.75, 3.05) is 0 Å². The number of imidazole rings is 1. The lowest BCUT2D eigenvalue weighted by Gasteiger charge is -2.06. The van der Waals surface area contributed by atoms with E-state index in [-0.39, 0.29) is 5.78 Å². The van der Waals surface area contributed by atoms with E-state index < -0.39 is 0 Å². The first-order valence-electron chi connectivity index (χ1n) is 5.39. The van der Waals surface area contributed by atoms with Gasteiger partial charge in [-0.1, -0.05) is 18.5 Å². The van der Waals surface area contributed by atoms with Crippen LogP contribution in [0.2, 0.25) is 5.02 Å². The summed E-state index contributed by atoms with van der Waals surface area (Å²) >= 11 is 5.95. The lowest BCUT2D eigenvalue weighted by molar-refractivity contribution is 0.102. The Morgan fingerprint density at radius 1 is 1.47 bits per heavy atom. The molecule has 17 heavy (non-hydrogen) atoms. The van der Waals surface area contributed by atoms with E-state index >= 15 is 0 Å². The highest BCUT2D eigenvalue weighted by Crippen LogP contribution is 2.17. The summed E-state index contributed by atoms with van der Waals surface area (Å²) in [6, 6.07) is 1.61. The van der Waals surface area contributed by atoms with Crippen molar-refractivity contribution in [3.63, 3.8) is 0 Å². The lowest BCUT2D eigenvalue weighted by Crippen LogP contribution is -2.11. The molecule has 0 N–H and O–H groups in total. The number of halogens is 1. The zero-order valence-corrected chi connectivity index (χ0v) is 10.2. The highest BCUT2D eigenvalue weighted by atomic mass is 35.5. The highest BCUT2D eigenvalue weighted by Gasteiger charge is 2.17. The summed E-state index contributed by atoms with van der Waals surface area (Å²) in [7, 11) is 0. The number of hydrogen-bond donors (Lipinski definition) is 0. The van der Waals surface area contributed by atoms with Crippen LogP contribution in [-0.4, -0.2) is 20.3 Å². The molecule has 0 aliphatic carbocycles. The molecule has 2 heterocycles. The Morgan fingerprint density at radius 3 is 3.00 bits per heavy atom. The van der Waals surface area contributed by atoms with Crippen LogP contribution in [0.4, 0.5) is 0 Å². The number of hydrogen-bond acceptors (Lipinski definition) is 3. The summed E-state index contributed by atoms with van der Waals surface area (Å²) in [5.74, 6) is 0.246. The van der Waals surface area contributed by atoms with Crippen molar-refractivity contribution in [2.45, 2.75) is 19.9 Å². The van der Waals surface area contributed by atoms with E-state index in [0.29, 0.717) is 16.4 Å². The first kappa shape index (κ1) is 11.8. The first-order chi connectivity index (χ1) is 8.24. The summed E-state index contributed by atoms with van der Waals surface area (Å²) in [6.45, 7) is 2.82. The van der Waals surface area contributed by atoms with Crippen LogP contribution in [-0.2, 0) is 6.54 Å². The maximum Gasteiger partial charge on any atom is 0.230 e. The molecule has 4 nitrogen and oxygen atoms in total. The van der Waals surface area contributed by atoms with Crippen molar-refractivity contribution in [1.29, 1.82) is 0 Å². The molecular formula is C12H12ClN3O. The molecule has 0 atom stereocenters. The number of pyridine rings is 1. The van der Waals surface area contributed by atoms with Gasteiger partial charge in [0, 0.05) is 36.9 Å². The molecule has 0 radical (unpaired) electrons. The van der Waals surface area contributed by atoms with Crippen LogP contribution in [0.5, 0.6) is 0 Å². The molecule has 0 saturated carbocycles. The molecule has 0 unspecified atom stereocenters. The van der Waals surface area contributed by atoms with Gasteiger partial charge in [0.2, 0.25) is 5.78 Å². The minimum Gasteiger partial charge on any atom is -0.328 e. The summed E-state index contributed by atoms with van der Waals surface area (Å²) in [6.07, 6.45) is 7.37. The van der Waals surface area contributed by atoms with Gasteiger partial charge in [-0.05, 0) is 12.5 Å². The monoisotopic (exact) mass is 249 g/mol. The van der Waals surface area contributed by atoms with E-state index in [4.69, 9.17) is 11.6 Å². The van der Waals surface area contributed by atoms with Gasteiger partial charge in [-0.15, -0.1) is 0 Å². The predicted octanol–water partition coefficient (Wildman–Crippen LogP) is 2.57. The van der Waals surface area contributed by atoms with Crippen LogP contribution in [0.3, 0.4) is 0 Å². The molecule has 2 aromatic heterocycles. The smallest absolute Gasteiger partial charge is 0.230 e. The summed E-state index contributed by atoms with van der Waals surface area (Å²) in [4.78, 5) is 20.2. The van der Waals surface area contributed by atoms with Crippen molar-refractivity contribution >= 4 is 17.4 Å². The van der Waals surface area contributed by atoms with Gasteiger partial charge in [0.15, 0.2) is 5.82 Å². The molecule has 5 heteroatoms. The van der Waals surface area contributed by atoms with Crippen LogP contribution < -0.4 is 0 Å². The lowest BCUT2D eigenvalue weighted by atomic mass is 10.1. The zero-order chi connectivity index (χ0) is 12.3. The number of rotatable bonds is 4. The normalized spacial score (nSPS) is 10.5. The molecular weight excluding hydrogens is 238 g/mol. The minimum atomic E-state index is -0.171. The highest BCUT2D eigenvalue weighted by molar-refractivity contribution is 6.34. The predicted molar refractivity (Wildman–Crippen MR) is 65.2 cm³/mol. The standard InChI is InChI=1S/C12H12ClN3O/c1-2-6-16-7-5-15-12(16)11(17)9-3-4-14-8-10(9)13/h3-5,7-8H,2,6H2,1H3. The maximum atomic E-state index is 12.2. The number of carbonyl (C=O) groups excluding carboxylic acids is 1. The largest absolute Gasteiger partial charge is 0.328 e. The number of ketones is 1. The number of carbonyl (C=O) groups is 1. The third-order valence-electron chi connectivity index (χ3n) is 2.40. The van der Waals surface area contributed by atoms with E-state index in [1.165, 1.54) is 6.20 Å². The fourth-order valence-electron chi connectivity index (χ4n) is 1.62. The van der Waals surface area contributed by atoms with Crippen LogP contribution in [0.1, 0.15) is 29.5 Å². The van der Waals surface area contributed by atoms with Crippen LogP contribution >= 0.6 is 11.6 Å². The fraction of sp³-hybridized carbons (Fsp3) is 0.250. The summed E-state index contributed by atoms with van der Waals surface area (Å²) in [5.41, 5.74) is 0.435. The quantitative estimate of drug-likeness (QED) is 0.783. The molecule has 0 amide bonds. The van der Waals surface area contributed by atoms with Crippen LogP contribution in [0, 0.1) is 0 Å². The molecule has 0 spiro atoms. The Labute approximate surface area is 104 Å². The Morgan fingerprint density at radius 2 is 2.29 bits per heavy atom. The molecule has 0 saturated heterocycles. The second-order valence-electron chi connectivity index (χ2n) is 3.63. The van der Waals surface area contributed by atoms with Gasteiger partial charge in [-0.2, -0.15) is 0 Å². The van der Waals surface area contributed by atoms with E-state index in [1.807, 2.05) is 11.5 Å². The topological polar surface area (TPSA) is 47.8 Å². The van der Waals surface area contributed by atoms with Crippen molar-refractivity contribution in [3.05, 3.63) is 47.3 Å². The van der Waals surface area contributed by atoms with E-state index in [2.05, 4.69) is 9.97 Å². The summed E-state index contributed by atoms with van der Waals surface area (Å²) < 4.78 is 1.83. The number of aromatic nitrogens is 3. The van der Waals surface area contributed by atoms with E-state index in [1.54, 1.807) is 24.7 Å². The van der Waals surface area contributed by atoms with Gasteiger partial charge in [-0.3, -0.25) is 9.78 Å². The Kier molecular flexibility index (Phi) is 3.54. The Bertz CT molecular complexity index is 536. The Balaban J connectivity index is 2.37. The van der Waals surface area contributed by atoms with Crippen molar-refractivity contribution in [1.82, 2.24) is 14.5 Å². The van der Waals surface area contributed by atoms with E-state index in [9.17, 15) is 4.79 Å². The summed E-state index contributed by atoms with van der Waals surface area (Å²) in [5, 5.41) is 0.351. The minimum absolute atomic E-state index is 0.171. The number of aryl methyl sites for hydroxylation is 1. The van der Waals surface area contributed by atoms with Crippen LogP contribution in [0.25, 0.3) is 0 Å². The molecule has 0 aliphatic heterocycles. The van der Waals surface area contributed by atoms with Crippen LogP contribution in [0.15, 0.2) is 30.9 Å². The molecule has 0 aliphatic rings. The van der Waals surface area contributed by atoms with Crippen molar-refractivity contribution in [2.24, 2.45) is 0 Å². The third kappa shape index (κ3) is 2.36. The van der Waals surface area contributed by atoms with Gasteiger partial charge in [0.1, 0.15) is 0 Å². The van der Waals surface area contributed by atoms with Crippen molar-refractivity contribution < 1.29 is 4.79 Å². The molecule has 0 bridgehead atoms. The molecule has 2 aromatic rings. The van der Waals surface area contributed by atoms with Gasteiger partial charge in [-0.25, -0.2) is 4.98 Å². The SMILES string of the molecule is CCCn1ccnc1C(=O)c1ccncc1Cl. The van der Waals surface area contributed by atoms with Gasteiger partial charge < -0.3 is 4.57 Å². The molecule has 88 valence electrons. The van der Waals surface area contributed by atoms with Crippen molar-refractivity contribution in [3.8, 4) is 0 Å². The molecule has 0 aromatic carbocycles. The number of nitrogens with zero attached hydrogens (tertiary/aromatic N) is 3. The second-order valence-corrected chi connectivity index (χ2v) is 4.04. The second kappa shape index (κ2) is 5.10. The molecule has 2 rings (SSSR count). The zero-order valence-electron chi connectivity index (χ0n) is 9.43. The Hall–Kier alpha value is -1.68. The van der Waals surface area contributed by atoms with Gasteiger partial charge in [0.05, 0.1) is 5.02 Å². The van der Waals surface area contributed by atoms with Gasteiger partial charge in [0.25, 0.3) is 0 Å². The molecule has 0 fully saturated rings. The van der Waals surface area contributed by atoms with E-state index in [0.717, 1.165) is 13.0 Å². The van der Waals surface area contributed by atoms with Gasteiger partial charge >= 0.3 is 0 Å². The average molecular weight is 250 g/mol. The fourth-order valence-corrected chi connectivity index (χ4v) is 1.82. The first-order valence-corrected chi connectivity index (χ1v) is 5.77. The average Bonchev–Trinajstić information content (AvgIpc) is 2.78. The maximum absolute atomic E-state index is 12.2.